The molecule has 2 aromatic carbocycles. The van der Waals surface area contributed by atoms with Crippen LogP contribution in [0.1, 0.15) is 12.5 Å². The molecule has 0 bridgehead atoms. The van der Waals surface area contributed by atoms with Crippen molar-refractivity contribution in [2.75, 3.05) is 31.5 Å². The van der Waals surface area contributed by atoms with Crippen molar-refractivity contribution >= 4 is 23.2 Å². The Hall–Kier alpha value is -1.95. The number of halogens is 2. The lowest BCUT2D eigenvalue weighted by Gasteiger charge is -2.37. The number of hydrogen-bond acceptors (Lipinski definition) is 3. The van der Waals surface area contributed by atoms with Crippen LogP contribution in [0.5, 0.6) is 0 Å². The number of para-hydroxylation sites is 1. The zero-order valence-electron chi connectivity index (χ0n) is 14.8. The van der Waals surface area contributed by atoms with Crippen molar-refractivity contribution in [2.45, 2.75) is 19.5 Å². The van der Waals surface area contributed by atoms with Crippen molar-refractivity contribution in [3.05, 3.63) is 64.9 Å². The third-order valence-corrected chi connectivity index (χ3v) is 5.04. The highest BCUT2D eigenvalue weighted by Crippen LogP contribution is 2.16. The molecule has 6 heteroatoms. The Morgan fingerprint density at radius 1 is 1.12 bits per heavy atom. The second-order valence-corrected chi connectivity index (χ2v) is 7.02. The normalized spacial score (nSPS) is 17.0. The zero-order valence-corrected chi connectivity index (χ0v) is 15.5. The lowest BCUT2D eigenvalue weighted by molar-refractivity contribution is -0.121. The van der Waals surface area contributed by atoms with Crippen LogP contribution in [-0.2, 0) is 11.3 Å². The van der Waals surface area contributed by atoms with Crippen molar-refractivity contribution < 1.29 is 9.18 Å². The third kappa shape index (κ3) is 4.81. The minimum atomic E-state index is -0.416. The topological polar surface area (TPSA) is 35.6 Å². The molecule has 1 heterocycles. The fourth-order valence-corrected chi connectivity index (χ4v) is 3.25. The molecule has 1 amide bonds. The molecule has 0 saturated carbocycles. The molecule has 1 fully saturated rings. The van der Waals surface area contributed by atoms with Gasteiger partial charge in [-0.15, -0.1) is 0 Å². The van der Waals surface area contributed by atoms with Gasteiger partial charge in [-0.2, -0.15) is 0 Å². The number of piperazine rings is 1. The molecule has 1 aliphatic rings. The first-order valence-electron chi connectivity index (χ1n) is 8.79. The first-order chi connectivity index (χ1) is 12.5. The van der Waals surface area contributed by atoms with Crippen LogP contribution in [0, 0.1) is 5.82 Å². The summed E-state index contributed by atoms with van der Waals surface area (Å²) in [5.74, 6) is -0.595. The molecule has 3 rings (SSSR count). The monoisotopic (exact) mass is 375 g/mol. The van der Waals surface area contributed by atoms with E-state index < -0.39 is 5.82 Å². The van der Waals surface area contributed by atoms with E-state index in [0.717, 1.165) is 37.7 Å². The maximum atomic E-state index is 13.7. The van der Waals surface area contributed by atoms with E-state index in [9.17, 15) is 9.18 Å². The van der Waals surface area contributed by atoms with Gasteiger partial charge >= 0.3 is 0 Å². The number of amides is 1. The predicted molar refractivity (Wildman–Crippen MR) is 103 cm³/mol. The van der Waals surface area contributed by atoms with Gasteiger partial charge in [-0.05, 0) is 36.8 Å². The van der Waals surface area contributed by atoms with Gasteiger partial charge in [0.05, 0.1) is 11.7 Å². The van der Waals surface area contributed by atoms with Crippen LogP contribution < -0.4 is 5.32 Å². The summed E-state index contributed by atoms with van der Waals surface area (Å²) in [4.78, 5) is 16.9. The molecule has 1 saturated heterocycles. The summed E-state index contributed by atoms with van der Waals surface area (Å²) in [7, 11) is 0. The standard InChI is InChI=1S/C20H23ClFN3O/c1-15(20(26)23-19-5-3-2-4-18(19)22)25-12-10-24(11-13-25)14-16-6-8-17(21)9-7-16/h2-9,15H,10-14H2,1H3,(H,23,26). The van der Waals surface area contributed by atoms with Crippen LogP contribution >= 0.6 is 11.6 Å². The second-order valence-electron chi connectivity index (χ2n) is 6.58. The van der Waals surface area contributed by atoms with Crippen molar-refractivity contribution in [3.8, 4) is 0 Å². The first kappa shape index (κ1) is 18.8. The van der Waals surface area contributed by atoms with E-state index in [1.165, 1.54) is 11.6 Å². The number of rotatable bonds is 5. The van der Waals surface area contributed by atoms with Crippen molar-refractivity contribution in [3.63, 3.8) is 0 Å². The van der Waals surface area contributed by atoms with Crippen LogP contribution in [-0.4, -0.2) is 47.9 Å². The van der Waals surface area contributed by atoms with Gasteiger partial charge in [0.15, 0.2) is 0 Å². The molecule has 1 unspecified atom stereocenters. The maximum absolute atomic E-state index is 13.7. The van der Waals surface area contributed by atoms with E-state index in [0.29, 0.717) is 0 Å². The molecule has 1 N–H and O–H groups in total. The van der Waals surface area contributed by atoms with E-state index >= 15 is 0 Å². The van der Waals surface area contributed by atoms with Crippen molar-refractivity contribution in [1.29, 1.82) is 0 Å². The number of nitrogens with one attached hydrogen (secondary N) is 1. The summed E-state index contributed by atoms with van der Waals surface area (Å²) < 4.78 is 13.7. The largest absolute Gasteiger partial charge is 0.322 e. The Morgan fingerprint density at radius 2 is 1.77 bits per heavy atom. The molecular formula is C20H23ClFN3O. The van der Waals surface area contributed by atoms with Crippen LogP contribution in [0.4, 0.5) is 10.1 Å². The molecule has 1 aliphatic heterocycles. The summed E-state index contributed by atoms with van der Waals surface area (Å²) in [5, 5.41) is 3.43. The maximum Gasteiger partial charge on any atom is 0.241 e. The molecule has 0 aliphatic carbocycles. The summed E-state index contributed by atoms with van der Waals surface area (Å²) >= 11 is 5.92. The molecule has 2 aromatic rings. The summed E-state index contributed by atoms with van der Waals surface area (Å²) in [6.45, 7) is 6.13. The Morgan fingerprint density at radius 3 is 2.42 bits per heavy atom. The van der Waals surface area contributed by atoms with Crippen LogP contribution in [0.15, 0.2) is 48.5 Å². The van der Waals surface area contributed by atoms with Crippen molar-refractivity contribution in [1.82, 2.24) is 9.80 Å². The zero-order chi connectivity index (χ0) is 18.5. The number of carbonyl (C=O) groups excluding carboxylic acids is 1. The Kier molecular flexibility index (Phi) is 6.25. The number of carbonyl (C=O) groups is 1. The van der Waals surface area contributed by atoms with Gasteiger partial charge in [0.2, 0.25) is 5.91 Å². The molecule has 26 heavy (non-hydrogen) atoms. The summed E-state index contributed by atoms with van der Waals surface area (Å²) in [6.07, 6.45) is 0. The quantitative estimate of drug-likeness (QED) is 0.866. The average molecular weight is 376 g/mol. The number of anilines is 1. The van der Waals surface area contributed by atoms with Gasteiger partial charge in [0, 0.05) is 37.7 Å². The highest BCUT2D eigenvalue weighted by molar-refractivity contribution is 6.30. The minimum Gasteiger partial charge on any atom is -0.322 e. The summed E-state index contributed by atoms with van der Waals surface area (Å²) in [6, 6.07) is 13.8. The molecular weight excluding hydrogens is 353 g/mol. The average Bonchev–Trinajstić information content (AvgIpc) is 2.65. The smallest absolute Gasteiger partial charge is 0.241 e. The third-order valence-electron chi connectivity index (χ3n) is 4.79. The Bertz CT molecular complexity index is 745. The van der Waals surface area contributed by atoms with Gasteiger partial charge < -0.3 is 5.32 Å². The van der Waals surface area contributed by atoms with E-state index in [4.69, 9.17) is 11.6 Å². The van der Waals surface area contributed by atoms with Gasteiger partial charge in [0.25, 0.3) is 0 Å². The van der Waals surface area contributed by atoms with Crippen molar-refractivity contribution in [2.24, 2.45) is 0 Å². The van der Waals surface area contributed by atoms with Crippen LogP contribution in [0.25, 0.3) is 0 Å². The minimum absolute atomic E-state index is 0.179. The molecule has 0 spiro atoms. The Balaban J connectivity index is 1.50. The number of hydrogen-bond donors (Lipinski definition) is 1. The molecule has 0 radical (unpaired) electrons. The van der Waals surface area contributed by atoms with Crippen LogP contribution in [0.2, 0.25) is 5.02 Å². The van der Waals surface area contributed by atoms with E-state index in [2.05, 4.69) is 15.1 Å². The van der Waals surface area contributed by atoms with Gasteiger partial charge in [-0.25, -0.2) is 4.39 Å². The second kappa shape index (κ2) is 8.62. The highest BCUT2D eigenvalue weighted by atomic mass is 35.5. The highest BCUT2D eigenvalue weighted by Gasteiger charge is 2.26. The van der Waals surface area contributed by atoms with Crippen LogP contribution in [0.3, 0.4) is 0 Å². The van der Waals surface area contributed by atoms with Gasteiger partial charge in [0.1, 0.15) is 5.82 Å². The Labute approximate surface area is 158 Å². The molecule has 1 atom stereocenters. The number of benzene rings is 2. The van der Waals surface area contributed by atoms with Gasteiger partial charge in [-0.1, -0.05) is 35.9 Å². The predicted octanol–water partition coefficient (Wildman–Crippen LogP) is 3.62. The van der Waals surface area contributed by atoms with Gasteiger partial charge in [-0.3, -0.25) is 14.6 Å². The first-order valence-corrected chi connectivity index (χ1v) is 9.17. The molecule has 0 aromatic heterocycles. The summed E-state index contributed by atoms with van der Waals surface area (Å²) in [5.41, 5.74) is 1.46. The lowest BCUT2D eigenvalue weighted by atomic mass is 10.1. The SMILES string of the molecule is CC(C(=O)Nc1ccccc1F)N1CCN(Cc2ccc(Cl)cc2)CC1. The lowest BCUT2D eigenvalue weighted by Crippen LogP contribution is -2.52. The van der Waals surface area contributed by atoms with E-state index in [1.54, 1.807) is 18.2 Å². The van der Waals surface area contributed by atoms with E-state index in [1.807, 2.05) is 31.2 Å². The fraction of sp³-hybridized carbons (Fsp3) is 0.350. The number of nitrogens with zero attached hydrogens (tertiary/aromatic N) is 2. The fourth-order valence-electron chi connectivity index (χ4n) is 3.12. The van der Waals surface area contributed by atoms with E-state index in [-0.39, 0.29) is 17.6 Å². The molecule has 138 valence electrons. The molecule has 4 nitrogen and oxygen atoms in total.